The molecule has 0 aromatic heterocycles. The van der Waals surface area contributed by atoms with E-state index in [4.69, 9.17) is 0 Å². The monoisotopic (exact) mass is 262 g/mol. The Kier molecular flexibility index (Phi) is 5.08. The van der Waals surface area contributed by atoms with Crippen LogP contribution in [0.1, 0.15) is 24.5 Å². The van der Waals surface area contributed by atoms with Crippen LogP contribution in [0, 0.1) is 0 Å². The molecule has 0 N–H and O–H groups in total. The van der Waals surface area contributed by atoms with Gasteiger partial charge < -0.3 is 0 Å². The molecule has 0 aliphatic carbocycles. The molecule has 0 heterocycles. The average molecular weight is 262 g/mol. The summed E-state index contributed by atoms with van der Waals surface area (Å²) in [6.45, 7) is 1.89. The minimum absolute atomic E-state index is 0.154. The molecule has 0 atom stereocenters. The van der Waals surface area contributed by atoms with E-state index in [1.807, 2.05) is 85.8 Å². The zero-order valence-corrected chi connectivity index (χ0v) is 11.6. The summed E-state index contributed by atoms with van der Waals surface area (Å²) in [4.78, 5) is 12.0. The Balaban J connectivity index is 2.27. The van der Waals surface area contributed by atoms with Gasteiger partial charge in [0.1, 0.15) is 0 Å². The Morgan fingerprint density at radius 1 is 0.900 bits per heavy atom. The number of allylic oxidation sites excluding steroid dienone is 2. The van der Waals surface area contributed by atoms with Crippen LogP contribution < -0.4 is 0 Å². The molecular weight excluding hydrogens is 244 g/mol. The quantitative estimate of drug-likeness (QED) is 0.560. The number of carbonyl (C=O) groups excluding carboxylic acids is 1. The first-order chi connectivity index (χ1) is 9.79. The SMILES string of the molecule is CCC(=O)C(C=Cc1ccccc1)=Cc1ccccc1. The Morgan fingerprint density at radius 3 is 2.00 bits per heavy atom. The highest BCUT2D eigenvalue weighted by Gasteiger charge is 2.03. The number of carbonyl (C=O) groups is 1. The molecule has 0 bridgehead atoms. The van der Waals surface area contributed by atoms with E-state index in [0.29, 0.717) is 6.42 Å². The summed E-state index contributed by atoms with van der Waals surface area (Å²) in [5.41, 5.74) is 2.87. The van der Waals surface area contributed by atoms with Gasteiger partial charge in [-0.25, -0.2) is 0 Å². The van der Waals surface area contributed by atoms with Gasteiger partial charge in [0.25, 0.3) is 0 Å². The van der Waals surface area contributed by atoms with Crippen molar-refractivity contribution in [2.24, 2.45) is 0 Å². The summed E-state index contributed by atoms with van der Waals surface area (Å²) in [6.07, 6.45) is 6.32. The summed E-state index contributed by atoms with van der Waals surface area (Å²) < 4.78 is 0. The van der Waals surface area contributed by atoms with Gasteiger partial charge in [0.15, 0.2) is 5.78 Å². The molecule has 0 aliphatic rings. The predicted octanol–water partition coefficient (Wildman–Crippen LogP) is 4.76. The van der Waals surface area contributed by atoms with Gasteiger partial charge >= 0.3 is 0 Å². The van der Waals surface area contributed by atoms with E-state index in [9.17, 15) is 4.79 Å². The number of hydrogen-bond donors (Lipinski definition) is 0. The van der Waals surface area contributed by atoms with Crippen molar-refractivity contribution in [1.29, 1.82) is 0 Å². The van der Waals surface area contributed by atoms with Gasteiger partial charge in [0, 0.05) is 12.0 Å². The molecule has 0 spiro atoms. The fourth-order valence-electron chi connectivity index (χ4n) is 1.90. The Bertz CT molecular complexity index is 607. The van der Waals surface area contributed by atoms with Gasteiger partial charge in [-0.1, -0.05) is 79.7 Å². The van der Waals surface area contributed by atoms with Crippen LogP contribution in [0.3, 0.4) is 0 Å². The van der Waals surface area contributed by atoms with Gasteiger partial charge in [0.2, 0.25) is 0 Å². The lowest BCUT2D eigenvalue weighted by Crippen LogP contribution is -1.97. The molecule has 100 valence electrons. The first-order valence-electron chi connectivity index (χ1n) is 6.82. The van der Waals surface area contributed by atoms with Crippen LogP contribution in [0.5, 0.6) is 0 Å². The van der Waals surface area contributed by atoms with E-state index < -0.39 is 0 Å². The van der Waals surface area contributed by atoms with E-state index in [0.717, 1.165) is 16.7 Å². The molecule has 1 nitrogen and oxygen atoms in total. The second-order valence-electron chi connectivity index (χ2n) is 4.53. The molecule has 0 saturated carbocycles. The van der Waals surface area contributed by atoms with Crippen LogP contribution in [0.15, 0.2) is 72.3 Å². The van der Waals surface area contributed by atoms with Crippen molar-refractivity contribution in [3.05, 3.63) is 83.4 Å². The Labute approximate surface area is 120 Å². The number of rotatable bonds is 5. The van der Waals surface area contributed by atoms with Crippen LogP contribution in [0.25, 0.3) is 12.2 Å². The van der Waals surface area contributed by atoms with Gasteiger partial charge in [-0.15, -0.1) is 0 Å². The molecule has 0 fully saturated rings. The first-order valence-corrected chi connectivity index (χ1v) is 6.82. The third kappa shape index (κ3) is 4.06. The summed E-state index contributed by atoms with van der Waals surface area (Å²) in [6, 6.07) is 19.9. The van der Waals surface area contributed by atoms with Crippen molar-refractivity contribution >= 4 is 17.9 Å². The topological polar surface area (TPSA) is 17.1 Å². The normalized spacial score (nSPS) is 11.8. The zero-order valence-electron chi connectivity index (χ0n) is 11.6. The number of benzene rings is 2. The zero-order chi connectivity index (χ0) is 14.2. The maximum absolute atomic E-state index is 12.0. The number of hydrogen-bond acceptors (Lipinski definition) is 1. The predicted molar refractivity (Wildman–Crippen MR) is 85.2 cm³/mol. The van der Waals surface area contributed by atoms with Crippen LogP contribution in [0.2, 0.25) is 0 Å². The smallest absolute Gasteiger partial charge is 0.162 e. The van der Waals surface area contributed by atoms with Crippen LogP contribution in [-0.4, -0.2) is 5.78 Å². The molecule has 0 radical (unpaired) electrons. The third-order valence-corrected chi connectivity index (χ3v) is 3.02. The molecular formula is C19H18O. The number of ketones is 1. The second-order valence-corrected chi connectivity index (χ2v) is 4.53. The number of Topliss-reactive ketones (excluding diaryl/α,β-unsaturated/α-hetero) is 1. The maximum Gasteiger partial charge on any atom is 0.162 e. The van der Waals surface area contributed by atoms with Crippen molar-refractivity contribution in [2.45, 2.75) is 13.3 Å². The van der Waals surface area contributed by atoms with Gasteiger partial charge in [-0.2, -0.15) is 0 Å². The molecule has 1 heteroatoms. The van der Waals surface area contributed by atoms with E-state index >= 15 is 0 Å². The van der Waals surface area contributed by atoms with Crippen molar-refractivity contribution in [3.8, 4) is 0 Å². The van der Waals surface area contributed by atoms with Crippen molar-refractivity contribution in [3.63, 3.8) is 0 Å². The molecule has 0 unspecified atom stereocenters. The van der Waals surface area contributed by atoms with Crippen molar-refractivity contribution < 1.29 is 4.79 Å². The highest BCUT2D eigenvalue weighted by molar-refractivity contribution is 6.02. The molecule has 0 aliphatic heterocycles. The first kappa shape index (κ1) is 14.0. The van der Waals surface area contributed by atoms with Gasteiger partial charge in [0.05, 0.1) is 0 Å². The largest absolute Gasteiger partial charge is 0.294 e. The van der Waals surface area contributed by atoms with E-state index in [1.165, 1.54) is 0 Å². The molecule has 2 rings (SSSR count). The molecule has 2 aromatic carbocycles. The van der Waals surface area contributed by atoms with Crippen molar-refractivity contribution in [2.75, 3.05) is 0 Å². The minimum Gasteiger partial charge on any atom is -0.294 e. The fourth-order valence-corrected chi connectivity index (χ4v) is 1.90. The highest BCUT2D eigenvalue weighted by Crippen LogP contribution is 2.12. The molecule has 0 amide bonds. The van der Waals surface area contributed by atoms with Crippen molar-refractivity contribution in [1.82, 2.24) is 0 Å². The maximum atomic E-state index is 12.0. The van der Waals surface area contributed by atoms with Gasteiger partial charge in [-0.3, -0.25) is 4.79 Å². The van der Waals surface area contributed by atoms with E-state index in [-0.39, 0.29) is 5.78 Å². The molecule has 0 saturated heterocycles. The Hall–Kier alpha value is -2.41. The van der Waals surface area contributed by atoms with Crippen LogP contribution >= 0.6 is 0 Å². The van der Waals surface area contributed by atoms with E-state index in [2.05, 4.69) is 0 Å². The minimum atomic E-state index is 0.154. The Morgan fingerprint density at radius 2 is 1.45 bits per heavy atom. The molecule has 20 heavy (non-hydrogen) atoms. The summed E-state index contributed by atoms with van der Waals surface area (Å²) >= 11 is 0. The summed E-state index contributed by atoms with van der Waals surface area (Å²) in [5, 5.41) is 0. The molecule has 2 aromatic rings. The highest BCUT2D eigenvalue weighted by atomic mass is 16.1. The van der Waals surface area contributed by atoms with Crippen LogP contribution in [-0.2, 0) is 4.79 Å². The summed E-state index contributed by atoms with van der Waals surface area (Å²) in [7, 11) is 0. The van der Waals surface area contributed by atoms with Gasteiger partial charge in [-0.05, 0) is 17.2 Å². The lowest BCUT2D eigenvalue weighted by molar-refractivity contribution is -0.114. The average Bonchev–Trinajstić information content (AvgIpc) is 2.52. The van der Waals surface area contributed by atoms with Crippen LogP contribution in [0.4, 0.5) is 0 Å². The fraction of sp³-hybridized carbons (Fsp3) is 0.105. The lowest BCUT2D eigenvalue weighted by atomic mass is 10.0. The summed E-state index contributed by atoms with van der Waals surface area (Å²) in [5.74, 6) is 0.154. The standard InChI is InChI=1S/C19H18O/c1-2-19(20)18(15-17-11-7-4-8-12-17)14-13-16-9-5-3-6-10-16/h3-15H,2H2,1H3. The lowest BCUT2D eigenvalue weighted by Gasteiger charge is -2.00. The second kappa shape index (κ2) is 7.25. The third-order valence-electron chi connectivity index (χ3n) is 3.02. The van der Waals surface area contributed by atoms with E-state index in [1.54, 1.807) is 0 Å².